The van der Waals surface area contributed by atoms with Gasteiger partial charge < -0.3 is 9.61 Å². The highest BCUT2D eigenvalue weighted by Gasteiger charge is 2.16. The Morgan fingerprint density at radius 1 is 1.35 bits per heavy atom. The highest BCUT2D eigenvalue weighted by molar-refractivity contribution is 6.64. The molecule has 0 saturated heterocycles. The second-order valence-electron chi connectivity index (χ2n) is 3.89. The fourth-order valence-corrected chi connectivity index (χ4v) is 1.86. The molecule has 0 aliphatic carbocycles. The third-order valence-corrected chi connectivity index (χ3v) is 2.77. The van der Waals surface area contributed by atoms with Crippen molar-refractivity contribution in [2.24, 2.45) is 0 Å². The lowest BCUT2D eigenvalue weighted by Crippen LogP contribution is -2.26. The molecule has 1 aliphatic heterocycles. The number of nitro benzene ring substituents is 1. The first kappa shape index (κ1) is 11.5. The number of hydrogen-bond donors (Lipinski definition) is 0. The summed E-state index contributed by atoms with van der Waals surface area (Å²) >= 11 is 0. The van der Waals surface area contributed by atoms with Gasteiger partial charge in [0.1, 0.15) is 0 Å². The van der Waals surface area contributed by atoms with Crippen molar-refractivity contribution in [2.75, 3.05) is 13.1 Å². The lowest BCUT2D eigenvalue weighted by Gasteiger charge is -2.10. The predicted molar refractivity (Wildman–Crippen MR) is 66.5 cm³/mol. The minimum atomic E-state index is -0.411. The molecule has 6 heteroatoms. The van der Waals surface area contributed by atoms with Gasteiger partial charge in [-0.25, -0.2) is 0 Å². The normalized spacial score (nSPS) is 15.4. The number of hydrogen-bond acceptors (Lipinski definition) is 4. The van der Waals surface area contributed by atoms with E-state index in [0.29, 0.717) is 7.41 Å². The molecule has 0 saturated carbocycles. The molecule has 2 rings (SSSR count). The van der Waals surface area contributed by atoms with Crippen molar-refractivity contribution in [3.63, 3.8) is 0 Å². The molecule has 0 aromatic heterocycles. The van der Waals surface area contributed by atoms with Gasteiger partial charge in [0.15, 0.2) is 0 Å². The van der Waals surface area contributed by atoms with Gasteiger partial charge in [0.2, 0.25) is 0 Å². The van der Waals surface area contributed by atoms with E-state index in [1.54, 1.807) is 12.1 Å². The van der Waals surface area contributed by atoms with Crippen molar-refractivity contribution in [3.05, 3.63) is 46.0 Å². The van der Waals surface area contributed by atoms with Crippen molar-refractivity contribution in [1.82, 2.24) is 4.81 Å². The summed E-state index contributed by atoms with van der Waals surface area (Å²) in [6.07, 6.45) is 2.93. The molecule has 1 aromatic carbocycles. The zero-order valence-electron chi connectivity index (χ0n) is 9.20. The molecule has 1 aromatic rings. The summed E-state index contributed by atoms with van der Waals surface area (Å²) in [5, 5.41) is 10.5. The summed E-state index contributed by atoms with van der Waals surface area (Å²) in [7, 11) is 0.424. The number of carbonyl (C=O) groups is 1. The fourth-order valence-electron chi connectivity index (χ4n) is 1.86. The van der Waals surface area contributed by atoms with Gasteiger partial charge in [-0.1, -0.05) is 6.08 Å². The van der Waals surface area contributed by atoms with Crippen LogP contribution < -0.4 is 0 Å². The van der Waals surface area contributed by atoms with E-state index in [1.165, 1.54) is 12.1 Å². The van der Waals surface area contributed by atoms with Gasteiger partial charge in [0, 0.05) is 25.2 Å². The number of rotatable bonds is 4. The van der Waals surface area contributed by atoms with Crippen LogP contribution in [0.1, 0.15) is 5.56 Å². The Morgan fingerprint density at radius 3 is 2.65 bits per heavy atom. The molecule has 86 valence electrons. The van der Waals surface area contributed by atoms with Crippen molar-refractivity contribution in [3.8, 4) is 0 Å². The highest BCUT2D eigenvalue weighted by Crippen LogP contribution is 2.22. The number of nitrogens with zero attached hydrogens (tertiary/aromatic N) is 2. The van der Waals surface area contributed by atoms with Gasteiger partial charge in [-0.2, -0.15) is 0 Å². The van der Waals surface area contributed by atoms with Gasteiger partial charge in [0.05, 0.1) is 11.1 Å². The van der Waals surface area contributed by atoms with E-state index < -0.39 is 4.92 Å². The van der Waals surface area contributed by atoms with E-state index >= 15 is 0 Å². The smallest absolute Gasteiger partial charge is 0.281 e. The van der Waals surface area contributed by atoms with Crippen LogP contribution in [0.3, 0.4) is 0 Å². The maximum Gasteiger partial charge on any atom is 0.281 e. The zero-order chi connectivity index (χ0) is 12.3. The third-order valence-electron chi connectivity index (χ3n) is 2.77. The van der Waals surface area contributed by atoms with E-state index in [0.717, 1.165) is 30.4 Å². The molecule has 1 aliphatic rings. The van der Waals surface area contributed by atoms with Crippen LogP contribution in [0.5, 0.6) is 0 Å². The lowest BCUT2D eigenvalue weighted by atomic mass is 9.95. The molecule has 0 amide bonds. The Hall–Kier alpha value is -1.95. The number of non-ortho nitro benzene ring substituents is 1. The average molecular weight is 230 g/mol. The van der Waals surface area contributed by atoms with Crippen molar-refractivity contribution in [1.29, 1.82) is 0 Å². The summed E-state index contributed by atoms with van der Waals surface area (Å²) in [6.45, 7) is 1.47. The second-order valence-corrected chi connectivity index (χ2v) is 3.89. The number of nitro groups is 1. The van der Waals surface area contributed by atoms with Gasteiger partial charge in [-0.3, -0.25) is 10.1 Å². The molecule has 0 atom stereocenters. The first-order valence-corrected chi connectivity index (χ1v) is 5.30. The van der Waals surface area contributed by atoms with Gasteiger partial charge >= 0.3 is 0 Å². The summed E-state index contributed by atoms with van der Waals surface area (Å²) in [4.78, 5) is 22.5. The first-order valence-electron chi connectivity index (χ1n) is 5.30. The van der Waals surface area contributed by atoms with Gasteiger partial charge in [0.25, 0.3) is 13.1 Å². The molecule has 5 nitrogen and oxygen atoms in total. The van der Waals surface area contributed by atoms with Crippen LogP contribution in [0.2, 0.25) is 0 Å². The third kappa shape index (κ3) is 2.60. The molecular weight excluding hydrogens is 219 g/mol. The second kappa shape index (κ2) is 4.92. The molecule has 1 heterocycles. The quantitative estimate of drug-likeness (QED) is 0.332. The highest BCUT2D eigenvalue weighted by atomic mass is 16.6. The van der Waals surface area contributed by atoms with E-state index in [1.807, 2.05) is 10.9 Å². The number of carbonyl (C=O) groups excluding carboxylic acids is 1. The van der Waals surface area contributed by atoms with E-state index in [9.17, 15) is 14.9 Å². The largest absolute Gasteiger partial charge is 0.331 e. The van der Waals surface area contributed by atoms with Crippen molar-refractivity contribution >= 4 is 24.9 Å². The summed E-state index contributed by atoms with van der Waals surface area (Å²) in [6, 6.07) is 6.49. The van der Waals surface area contributed by atoms with Gasteiger partial charge in [-0.15, -0.1) is 0 Å². The Bertz CT molecular complexity index is 470. The van der Waals surface area contributed by atoms with Crippen molar-refractivity contribution < 1.29 is 9.72 Å². The monoisotopic (exact) mass is 230 g/mol. The molecule has 17 heavy (non-hydrogen) atoms. The average Bonchev–Trinajstić information content (AvgIpc) is 2.78. The Labute approximate surface area is 99.1 Å². The van der Waals surface area contributed by atoms with Crippen LogP contribution in [0.15, 0.2) is 30.3 Å². The minimum absolute atomic E-state index is 0.0945. The summed E-state index contributed by atoms with van der Waals surface area (Å²) in [5.41, 5.74) is 2.18. The van der Waals surface area contributed by atoms with Crippen LogP contribution in [0, 0.1) is 10.1 Å². The Morgan fingerprint density at radius 2 is 2.06 bits per heavy atom. The molecule has 0 N–H and O–H groups in total. The topological polar surface area (TPSA) is 63.5 Å². The van der Waals surface area contributed by atoms with Gasteiger partial charge in [-0.05, 0) is 23.3 Å². The van der Waals surface area contributed by atoms with Crippen LogP contribution in [-0.2, 0) is 4.79 Å². The molecule has 0 fully saturated rings. The zero-order valence-corrected chi connectivity index (χ0v) is 9.20. The standard InChI is InChI=1S/C11H11BN2O3/c15-8-12-13-6-5-10(7-13)9-1-3-11(4-2-9)14(16)17/h1-5,8,12H,6-7H2. The Kier molecular flexibility index (Phi) is 3.34. The minimum Gasteiger partial charge on any atom is -0.331 e. The van der Waals surface area contributed by atoms with E-state index in [4.69, 9.17) is 0 Å². The summed E-state index contributed by atoms with van der Waals surface area (Å²) in [5.74, 6) is 0. The fraction of sp³-hybridized carbons (Fsp3) is 0.182. The van der Waals surface area contributed by atoms with Crippen LogP contribution in [0.4, 0.5) is 5.69 Å². The molecule has 0 spiro atoms. The molecule has 0 unspecified atom stereocenters. The van der Waals surface area contributed by atoms with E-state index in [2.05, 4.69) is 0 Å². The van der Waals surface area contributed by atoms with Crippen molar-refractivity contribution in [2.45, 2.75) is 0 Å². The van der Waals surface area contributed by atoms with E-state index in [-0.39, 0.29) is 5.69 Å². The lowest BCUT2D eigenvalue weighted by molar-refractivity contribution is -0.384. The van der Waals surface area contributed by atoms with Crippen LogP contribution in [-0.4, -0.2) is 36.4 Å². The molecule has 0 bridgehead atoms. The number of benzene rings is 1. The molecule has 0 radical (unpaired) electrons. The maximum atomic E-state index is 10.5. The maximum absolute atomic E-state index is 10.5. The molecular formula is C11H11BN2O3. The predicted octanol–water partition coefficient (Wildman–Crippen LogP) is 0.835. The Balaban J connectivity index is 2.09. The first-order chi connectivity index (χ1) is 8.20. The van der Waals surface area contributed by atoms with Crippen LogP contribution in [0.25, 0.3) is 5.57 Å². The van der Waals surface area contributed by atoms with Crippen LogP contribution >= 0.6 is 0 Å². The summed E-state index contributed by atoms with van der Waals surface area (Å²) < 4.78 is 0. The SMILES string of the molecule is O=CBN1CC=C(c2ccc([N+](=O)[O-])cc2)C1.